The third-order valence-corrected chi connectivity index (χ3v) is 3.20. The highest BCUT2D eigenvalue weighted by Gasteiger charge is 2.36. The Labute approximate surface area is 81.3 Å². The molecule has 0 aromatic heterocycles. The van der Waals surface area contributed by atoms with E-state index in [1.807, 2.05) is 6.92 Å². The Hall–Kier alpha value is -0.530. The van der Waals surface area contributed by atoms with Gasteiger partial charge < -0.3 is 4.90 Å². The van der Waals surface area contributed by atoms with E-state index in [1.54, 1.807) is 0 Å². The number of rotatable bonds is 2. The van der Waals surface area contributed by atoms with Crippen molar-refractivity contribution in [1.82, 2.24) is 4.90 Å². The molecule has 0 N–H and O–H groups in total. The lowest BCUT2D eigenvalue weighted by Gasteiger charge is -2.33. The zero-order valence-corrected chi connectivity index (χ0v) is 9.26. The van der Waals surface area contributed by atoms with Gasteiger partial charge in [0.25, 0.3) is 0 Å². The lowest BCUT2D eigenvalue weighted by atomic mass is 9.99. The molecule has 0 aromatic carbocycles. The van der Waals surface area contributed by atoms with Crippen LogP contribution in [0.3, 0.4) is 0 Å². The van der Waals surface area contributed by atoms with Crippen LogP contribution in [0.25, 0.3) is 0 Å². The molecule has 0 spiro atoms. The molecule has 0 radical (unpaired) electrons. The van der Waals surface area contributed by atoms with Crippen LogP contribution in [0.15, 0.2) is 0 Å². The maximum Gasteiger partial charge on any atom is 0.225 e. The summed E-state index contributed by atoms with van der Waals surface area (Å²) in [5, 5.41) is 0. The van der Waals surface area contributed by atoms with Gasteiger partial charge in [0.05, 0.1) is 0 Å². The third kappa shape index (κ3) is 2.04. The Balaban J connectivity index is 2.66. The van der Waals surface area contributed by atoms with Gasteiger partial charge in [0.1, 0.15) is 0 Å². The molecule has 0 aliphatic carbocycles. The predicted molar refractivity (Wildman–Crippen MR) is 54.5 cm³/mol. The molecule has 1 atom stereocenters. The quantitative estimate of drug-likeness (QED) is 0.644. The first kappa shape index (κ1) is 10.6. The van der Waals surface area contributed by atoms with Crippen LogP contribution in [-0.2, 0) is 4.79 Å². The van der Waals surface area contributed by atoms with Crippen LogP contribution in [0, 0.1) is 5.92 Å². The van der Waals surface area contributed by atoms with Crippen LogP contribution in [-0.4, -0.2) is 22.9 Å². The number of nitrogens with zero attached hydrogens (tertiary/aromatic N) is 1. The molecule has 0 saturated carbocycles. The van der Waals surface area contributed by atoms with Gasteiger partial charge in [-0.15, -0.1) is 0 Å². The van der Waals surface area contributed by atoms with E-state index in [0.717, 1.165) is 25.8 Å². The van der Waals surface area contributed by atoms with Crippen LogP contribution >= 0.6 is 0 Å². The molecule has 1 rings (SSSR count). The standard InChI is InChI=1S/C11H21NO/c1-5-9(2)10(13)12-8-6-7-11(12,3)4/h9H,5-8H2,1-4H3. The molecule has 0 bridgehead atoms. The summed E-state index contributed by atoms with van der Waals surface area (Å²) in [5.74, 6) is 0.530. The molecule has 1 amide bonds. The van der Waals surface area contributed by atoms with Crippen molar-refractivity contribution in [3.05, 3.63) is 0 Å². The smallest absolute Gasteiger partial charge is 0.225 e. The summed E-state index contributed by atoms with van der Waals surface area (Å²) in [6.07, 6.45) is 3.26. The van der Waals surface area contributed by atoms with Gasteiger partial charge in [-0.1, -0.05) is 13.8 Å². The third-order valence-electron chi connectivity index (χ3n) is 3.20. The van der Waals surface area contributed by atoms with Crippen molar-refractivity contribution in [3.8, 4) is 0 Å². The maximum absolute atomic E-state index is 11.9. The van der Waals surface area contributed by atoms with E-state index >= 15 is 0 Å². The van der Waals surface area contributed by atoms with Crippen molar-refractivity contribution in [2.75, 3.05) is 6.54 Å². The Morgan fingerprint density at radius 3 is 2.54 bits per heavy atom. The fourth-order valence-corrected chi connectivity index (χ4v) is 1.96. The van der Waals surface area contributed by atoms with E-state index in [1.165, 1.54) is 0 Å². The van der Waals surface area contributed by atoms with E-state index in [0.29, 0.717) is 5.91 Å². The monoisotopic (exact) mass is 183 g/mol. The van der Waals surface area contributed by atoms with Gasteiger partial charge in [-0.2, -0.15) is 0 Å². The van der Waals surface area contributed by atoms with E-state index in [4.69, 9.17) is 0 Å². The minimum absolute atomic E-state index is 0.0977. The molecule has 2 nitrogen and oxygen atoms in total. The van der Waals surface area contributed by atoms with Gasteiger partial charge >= 0.3 is 0 Å². The summed E-state index contributed by atoms with van der Waals surface area (Å²) < 4.78 is 0. The first-order valence-corrected chi connectivity index (χ1v) is 5.30. The molecule has 2 heteroatoms. The van der Waals surface area contributed by atoms with Crippen LogP contribution < -0.4 is 0 Å². The predicted octanol–water partition coefficient (Wildman–Crippen LogP) is 2.43. The Kier molecular flexibility index (Phi) is 2.99. The molecule has 1 heterocycles. The topological polar surface area (TPSA) is 20.3 Å². The zero-order valence-electron chi connectivity index (χ0n) is 9.26. The summed E-state index contributed by atoms with van der Waals surface area (Å²) in [7, 11) is 0. The lowest BCUT2D eigenvalue weighted by molar-refractivity contribution is -0.138. The van der Waals surface area contributed by atoms with Crippen molar-refractivity contribution in [3.63, 3.8) is 0 Å². The summed E-state index contributed by atoms with van der Waals surface area (Å²) in [4.78, 5) is 14.0. The largest absolute Gasteiger partial charge is 0.337 e. The van der Waals surface area contributed by atoms with Gasteiger partial charge in [0.2, 0.25) is 5.91 Å². The number of likely N-dealkylation sites (tertiary alicyclic amines) is 1. The van der Waals surface area contributed by atoms with Crippen LogP contribution in [0.1, 0.15) is 47.0 Å². The molecule has 1 fully saturated rings. The van der Waals surface area contributed by atoms with Gasteiger partial charge in [-0.25, -0.2) is 0 Å². The SMILES string of the molecule is CCC(C)C(=O)N1CCCC1(C)C. The number of amides is 1. The summed E-state index contributed by atoms with van der Waals surface area (Å²) in [6.45, 7) is 9.39. The summed E-state index contributed by atoms with van der Waals surface area (Å²) >= 11 is 0. The fraction of sp³-hybridized carbons (Fsp3) is 0.909. The number of hydrogen-bond donors (Lipinski definition) is 0. The van der Waals surface area contributed by atoms with Crippen LogP contribution in [0.4, 0.5) is 0 Å². The van der Waals surface area contributed by atoms with E-state index in [9.17, 15) is 4.79 Å². The maximum atomic E-state index is 11.9. The molecule has 76 valence electrons. The highest BCUT2D eigenvalue weighted by Crippen LogP contribution is 2.29. The second kappa shape index (κ2) is 3.69. The highest BCUT2D eigenvalue weighted by molar-refractivity contribution is 5.79. The average Bonchev–Trinajstić information content (AvgIpc) is 2.42. The van der Waals surface area contributed by atoms with E-state index < -0.39 is 0 Å². The van der Waals surface area contributed by atoms with Crippen molar-refractivity contribution < 1.29 is 4.79 Å². The molecular formula is C11H21NO. The van der Waals surface area contributed by atoms with Crippen molar-refractivity contribution >= 4 is 5.91 Å². The molecule has 0 aromatic rings. The fourth-order valence-electron chi connectivity index (χ4n) is 1.96. The number of hydrogen-bond acceptors (Lipinski definition) is 1. The Morgan fingerprint density at radius 2 is 2.15 bits per heavy atom. The first-order chi connectivity index (χ1) is 5.99. The molecule has 1 unspecified atom stereocenters. The number of carbonyl (C=O) groups is 1. The molecular weight excluding hydrogens is 162 g/mol. The molecule has 13 heavy (non-hydrogen) atoms. The highest BCUT2D eigenvalue weighted by atomic mass is 16.2. The first-order valence-electron chi connectivity index (χ1n) is 5.30. The van der Waals surface area contributed by atoms with Crippen molar-refractivity contribution in [2.45, 2.75) is 52.5 Å². The van der Waals surface area contributed by atoms with Gasteiger partial charge in [0, 0.05) is 18.0 Å². The normalized spacial score (nSPS) is 23.2. The zero-order chi connectivity index (χ0) is 10.1. The lowest BCUT2D eigenvalue weighted by Crippen LogP contribution is -2.44. The second-order valence-corrected chi connectivity index (χ2v) is 4.72. The number of carbonyl (C=O) groups excluding carboxylic acids is 1. The second-order valence-electron chi connectivity index (χ2n) is 4.72. The van der Waals surface area contributed by atoms with Crippen molar-refractivity contribution in [1.29, 1.82) is 0 Å². The average molecular weight is 183 g/mol. The molecule has 1 aliphatic rings. The summed E-state index contributed by atoms with van der Waals surface area (Å²) in [5.41, 5.74) is 0.0977. The van der Waals surface area contributed by atoms with Gasteiger partial charge in [-0.05, 0) is 33.1 Å². The molecule has 1 aliphatic heterocycles. The molecule has 1 saturated heterocycles. The van der Waals surface area contributed by atoms with E-state index in [2.05, 4.69) is 25.7 Å². The summed E-state index contributed by atoms with van der Waals surface area (Å²) in [6, 6.07) is 0. The Morgan fingerprint density at radius 1 is 1.54 bits per heavy atom. The Bertz CT molecular complexity index is 198. The van der Waals surface area contributed by atoms with E-state index in [-0.39, 0.29) is 11.5 Å². The van der Waals surface area contributed by atoms with Crippen LogP contribution in [0.2, 0.25) is 0 Å². The minimum atomic E-state index is 0.0977. The van der Waals surface area contributed by atoms with Gasteiger partial charge in [-0.3, -0.25) is 4.79 Å². The van der Waals surface area contributed by atoms with Crippen LogP contribution in [0.5, 0.6) is 0 Å². The van der Waals surface area contributed by atoms with Crippen molar-refractivity contribution in [2.24, 2.45) is 5.92 Å². The van der Waals surface area contributed by atoms with Gasteiger partial charge in [0.15, 0.2) is 0 Å². The minimum Gasteiger partial charge on any atom is -0.337 e.